The number of fused-ring (bicyclic) bond motifs is 1. The lowest BCUT2D eigenvalue weighted by Gasteiger charge is -2.32. The van der Waals surface area contributed by atoms with Gasteiger partial charge < -0.3 is 15.4 Å². The highest BCUT2D eigenvalue weighted by atomic mass is 35.5. The van der Waals surface area contributed by atoms with Crippen molar-refractivity contribution in [3.63, 3.8) is 0 Å². The average molecular weight is 377 g/mol. The number of carbonyl (C=O) groups excluding carboxylic acids is 1. The van der Waals surface area contributed by atoms with E-state index in [0.717, 1.165) is 36.4 Å². The molecule has 0 radical (unpaired) electrons. The summed E-state index contributed by atoms with van der Waals surface area (Å²) in [5, 5.41) is 6.23. The number of amides is 1. The minimum absolute atomic E-state index is 0. The van der Waals surface area contributed by atoms with Gasteiger partial charge in [0.05, 0.1) is 6.61 Å². The molecule has 1 amide bonds. The molecule has 6 heteroatoms. The summed E-state index contributed by atoms with van der Waals surface area (Å²) in [7, 11) is 0. The summed E-state index contributed by atoms with van der Waals surface area (Å²) in [5.74, 6) is 1.13. The lowest BCUT2D eigenvalue weighted by molar-refractivity contribution is 0.0965. The van der Waals surface area contributed by atoms with E-state index in [0.29, 0.717) is 30.6 Å². The SMILES string of the molecule is Cl.O=C1NCc2ccc(OC[C@@H]3CNCC[C@H]3c3ccc(F)cc3)cc21. The number of ether oxygens (including phenoxy) is 1. The van der Waals surface area contributed by atoms with Crippen molar-refractivity contribution < 1.29 is 13.9 Å². The number of benzene rings is 2. The Morgan fingerprint density at radius 2 is 1.96 bits per heavy atom. The molecular weight excluding hydrogens is 355 g/mol. The molecule has 2 heterocycles. The van der Waals surface area contributed by atoms with Crippen LogP contribution in [0.3, 0.4) is 0 Å². The van der Waals surface area contributed by atoms with Crippen molar-refractivity contribution in [3.8, 4) is 5.75 Å². The number of halogens is 2. The van der Waals surface area contributed by atoms with Gasteiger partial charge in [-0.1, -0.05) is 18.2 Å². The molecule has 4 rings (SSSR count). The molecule has 26 heavy (non-hydrogen) atoms. The van der Waals surface area contributed by atoms with E-state index in [1.54, 1.807) is 0 Å². The van der Waals surface area contributed by atoms with Crippen molar-refractivity contribution in [1.82, 2.24) is 10.6 Å². The Kier molecular flexibility index (Phi) is 5.79. The summed E-state index contributed by atoms with van der Waals surface area (Å²) in [6.45, 7) is 2.98. The van der Waals surface area contributed by atoms with Crippen molar-refractivity contribution in [2.75, 3.05) is 19.7 Å². The first kappa shape index (κ1) is 18.7. The molecule has 2 aromatic carbocycles. The Hall–Kier alpha value is -2.11. The van der Waals surface area contributed by atoms with Crippen LogP contribution in [-0.4, -0.2) is 25.6 Å². The van der Waals surface area contributed by atoms with E-state index in [2.05, 4.69) is 10.6 Å². The molecule has 2 N–H and O–H groups in total. The highest BCUT2D eigenvalue weighted by Crippen LogP contribution is 2.31. The maximum absolute atomic E-state index is 13.2. The number of hydrogen-bond acceptors (Lipinski definition) is 3. The molecule has 0 saturated carbocycles. The smallest absolute Gasteiger partial charge is 0.252 e. The van der Waals surface area contributed by atoms with E-state index in [-0.39, 0.29) is 24.1 Å². The summed E-state index contributed by atoms with van der Waals surface area (Å²) < 4.78 is 19.2. The van der Waals surface area contributed by atoms with Gasteiger partial charge >= 0.3 is 0 Å². The van der Waals surface area contributed by atoms with Crippen molar-refractivity contribution in [2.24, 2.45) is 5.92 Å². The monoisotopic (exact) mass is 376 g/mol. The Labute approximate surface area is 158 Å². The van der Waals surface area contributed by atoms with Gasteiger partial charge in [0, 0.05) is 24.6 Å². The van der Waals surface area contributed by atoms with Crippen molar-refractivity contribution in [3.05, 3.63) is 65.0 Å². The summed E-state index contributed by atoms with van der Waals surface area (Å²) in [6, 6.07) is 12.5. The maximum Gasteiger partial charge on any atom is 0.252 e. The fourth-order valence-electron chi connectivity index (χ4n) is 3.73. The van der Waals surface area contributed by atoms with Crippen LogP contribution in [0.5, 0.6) is 5.75 Å². The predicted molar refractivity (Wildman–Crippen MR) is 100 cm³/mol. The van der Waals surface area contributed by atoms with Crippen LogP contribution in [-0.2, 0) is 6.54 Å². The third-order valence-corrected chi connectivity index (χ3v) is 5.14. The number of nitrogens with one attached hydrogen (secondary N) is 2. The van der Waals surface area contributed by atoms with E-state index in [9.17, 15) is 9.18 Å². The quantitative estimate of drug-likeness (QED) is 0.861. The number of hydrogen-bond donors (Lipinski definition) is 2. The molecule has 1 saturated heterocycles. The van der Waals surface area contributed by atoms with Gasteiger partial charge in [-0.15, -0.1) is 12.4 Å². The molecule has 4 nitrogen and oxygen atoms in total. The summed E-state index contributed by atoms with van der Waals surface area (Å²) in [6.07, 6.45) is 1.01. The first-order valence-corrected chi connectivity index (χ1v) is 8.71. The largest absolute Gasteiger partial charge is 0.493 e. The lowest BCUT2D eigenvalue weighted by atomic mass is 9.81. The first-order valence-electron chi connectivity index (χ1n) is 8.71. The second kappa shape index (κ2) is 8.06. The topological polar surface area (TPSA) is 50.4 Å². The van der Waals surface area contributed by atoms with E-state index in [4.69, 9.17) is 4.74 Å². The van der Waals surface area contributed by atoms with E-state index in [1.807, 2.05) is 30.3 Å². The Morgan fingerprint density at radius 3 is 2.77 bits per heavy atom. The van der Waals surface area contributed by atoms with Gasteiger partial charge in [-0.2, -0.15) is 0 Å². The lowest BCUT2D eigenvalue weighted by Crippen LogP contribution is -2.38. The molecule has 2 atom stereocenters. The van der Waals surface area contributed by atoms with Crippen LogP contribution in [0.15, 0.2) is 42.5 Å². The molecule has 0 unspecified atom stereocenters. The van der Waals surface area contributed by atoms with Crippen LogP contribution in [0.1, 0.15) is 33.8 Å². The van der Waals surface area contributed by atoms with Gasteiger partial charge in [0.25, 0.3) is 5.91 Å². The van der Waals surface area contributed by atoms with Gasteiger partial charge in [0.15, 0.2) is 0 Å². The number of rotatable bonds is 4. The standard InChI is InChI=1S/C20H21FN2O2.ClH/c21-16-4-1-13(2-5-16)18-7-8-22-10-15(18)12-25-17-6-3-14-11-23-20(24)19(14)9-17;/h1-6,9,15,18,22H,7-8,10-12H2,(H,23,24);1H/t15-,18-;/m0./s1. The second-order valence-corrected chi connectivity index (χ2v) is 6.72. The molecule has 0 aromatic heterocycles. The van der Waals surface area contributed by atoms with Gasteiger partial charge in [-0.05, 0) is 54.3 Å². The zero-order chi connectivity index (χ0) is 17.2. The van der Waals surface area contributed by atoms with E-state index < -0.39 is 0 Å². The summed E-state index contributed by atoms with van der Waals surface area (Å²) in [5.41, 5.74) is 2.88. The van der Waals surface area contributed by atoms with Crippen LogP contribution >= 0.6 is 12.4 Å². The Morgan fingerprint density at radius 1 is 1.15 bits per heavy atom. The van der Waals surface area contributed by atoms with Gasteiger partial charge in [0.1, 0.15) is 11.6 Å². The normalized spacial score (nSPS) is 21.5. The van der Waals surface area contributed by atoms with Gasteiger partial charge in [-0.25, -0.2) is 4.39 Å². The fourth-order valence-corrected chi connectivity index (χ4v) is 3.73. The number of piperidine rings is 1. The van der Waals surface area contributed by atoms with Crippen molar-refractivity contribution in [1.29, 1.82) is 0 Å². The third-order valence-electron chi connectivity index (χ3n) is 5.14. The highest BCUT2D eigenvalue weighted by Gasteiger charge is 2.27. The van der Waals surface area contributed by atoms with Crippen molar-refractivity contribution >= 4 is 18.3 Å². The van der Waals surface area contributed by atoms with Crippen LogP contribution < -0.4 is 15.4 Å². The molecule has 138 valence electrons. The molecule has 2 aromatic rings. The molecule has 1 fully saturated rings. The highest BCUT2D eigenvalue weighted by molar-refractivity contribution is 5.98. The molecule has 0 spiro atoms. The third kappa shape index (κ3) is 3.84. The van der Waals surface area contributed by atoms with E-state index >= 15 is 0 Å². The fraction of sp³-hybridized carbons (Fsp3) is 0.350. The maximum atomic E-state index is 13.2. The van der Waals surface area contributed by atoms with Crippen LogP contribution in [0.4, 0.5) is 4.39 Å². The molecular formula is C20H22ClFN2O2. The molecule has 0 bridgehead atoms. The zero-order valence-corrected chi connectivity index (χ0v) is 15.2. The minimum atomic E-state index is -0.207. The zero-order valence-electron chi connectivity index (χ0n) is 14.3. The van der Waals surface area contributed by atoms with Crippen LogP contribution in [0, 0.1) is 11.7 Å². The summed E-state index contributed by atoms with van der Waals surface area (Å²) >= 11 is 0. The van der Waals surface area contributed by atoms with Gasteiger partial charge in [0.2, 0.25) is 0 Å². The van der Waals surface area contributed by atoms with Gasteiger partial charge in [-0.3, -0.25) is 4.79 Å². The van der Waals surface area contributed by atoms with Crippen LogP contribution in [0.2, 0.25) is 0 Å². The Bertz CT molecular complexity index is 782. The minimum Gasteiger partial charge on any atom is -0.493 e. The molecule has 0 aliphatic carbocycles. The first-order chi connectivity index (χ1) is 12.2. The summed E-state index contributed by atoms with van der Waals surface area (Å²) in [4.78, 5) is 11.8. The number of carbonyl (C=O) groups is 1. The molecule has 2 aliphatic heterocycles. The average Bonchev–Trinajstić information content (AvgIpc) is 3.02. The van der Waals surface area contributed by atoms with Crippen molar-refractivity contribution in [2.45, 2.75) is 18.9 Å². The van der Waals surface area contributed by atoms with E-state index in [1.165, 1.54) is 12.1 Å². The predicted octanol–water partition coefficient (Wildman–Crippen LogP) is 3.26. The molecule has 2 aliphatic rings. The van der Waals surface area contributed by atoms with Crippen LogP contribution in [0.25, 0.3) is 0 Å². The second-order valence-electron chi connectivity index (χ2n) is 6.72. The Balaban J connectivity index is 0.00000196.